The van der Waals surface area contributed by atoms with Crippen molar-refractivity contribution in [1.82, 2.24) is 4.98 Å². The molecule has 0 aliphatic heterocycles. The molecule has 0 spiro atoms. The molecule has 3 aromatic rings. The molecule has 0 saturated heterocycles. The molecule has 1 nitrogen and oxygen atoms in total. The molecule has 0 bridgehead atoms. The highest BCUT2D eigenvalue weighted by atomic mass is 32.1. The number of nitrogens with zero attached hydrogens (tertiary/aromatic N) is 1. The van der Waals surface area contributed by atoms with E-state index in [9.17, 15) is 17.6 Å². The molecule has 0 radical (unpaired) electrons. The average Bonchev–Trinajstić information content (AvgIpc) is 3.05. The molecular formula is C15H9F4NS2. The van der Waals surface area contributed by atoms with E-state index < -0.39 is 17.0 Å². The van der Waals surface area contributed by atoms with Crippen LogP contribution in [0.15, 0.2) is 35.7 Å². The lowest BCUT2D eigenvalue weighted by molar-refractivity contribution is -0.137. The van der Waals surface area contributed by atoms with Crippen LogP contribution in [0.5, 0.6) is 0 Å². The number of aromatic nitrogens is 1. The summed E-state index contributed by atoms with van der Waals surface area (Å²) in [4.78, 5) is 4.84. The van der Waals surface area contributed by atoms with E-state index in [0.29, 0.717) is 32.3 Å². The molecule has 0 unspecified atom stereocenters. The minimum absolute atomic E-state index is 0.294. The smallest absolute Gasteiger partial charge is 0.231 e. The van der Waals surface area contributed by atoms with Crippen LogP contribution in [0.4, 0.5) is 17.6 Å². The lowest BCUT2D eigenvalue weighted by Crippen LogP contribution is -2.03. The van der Waals surface area contributed by atoms with E-state index >= 15 is 0 Å². The predicted octanol–water partition coefficient (Wildman–Crippen LogP) is 6.00. The van der Waals surface area contributed by atoms with Crippen molar-refractivity contribution in [3.63, 3.8) is 0 Å². The summed E-state index contributed by atoms with van der Waals surface area (Å²) in [6.45, 7) is 1.87. The van der Waals surface area contributed by atoms with E-state index in [2.05, 4.69) is 4.98 Å². The number of alkyl halides is 3. The van der Waals surface area contributed by atoms with Crippen molar-refractivity contribution in [2.45, 2.75) is 13.1 Å². The van der Waals surface area contributed by atoms with E-state index in [1.807, 2.05) is 12.3 Å². The quantitative estimate of drug-likeness (QED) is 0.520. The minimum Gasteiger partial charge on any atom is -0.231 e. The van der Waals surface area contributed by atoms with E-state index in [-0.39, 0.29) is 0 Å². The van der Waals surface area contributed by atoms with E-state index in [0.717, 1.165) is 5.56 Å². The number of hydrogen-bond acceptors (Lipinski definition) is 3. The number of thiazole rings is 1. The molecule has 0 atom stereocenters. The van der Waals surface area contributed by atoms with Gasteiger partial charge in [0, 0.05) is 0 Å². The lowest BCUT2D eigenvalue weighted by atomic mass is 10.1. The van der Waals surface area contributed by atoms with Crippen LogP contribution < -0.4 is 0 Å². The highest BCUT2D eigenvalue weighted by Crippen LogP contribution is 2.43. The number of aryl methyl sites for hydroxylation is 1. The topological polar surface area (TPSA) is 12.9 Å². The van der Waals surface area contributed by atoms with Gasteiger partial charge >= 0.3 is 6.18 Å². The lowest BCUT2D eigenvalue weighted by Gasteiger charge is -2.00. The third kappa shape index (κ3) is 2.91. The number of rotatable bonds is 2. The second-order valence-electron chi connectivity index (χ2n) is 4.69. The summed E-state index contributed by atoms with van der Waals surface area (Å²) in [6.07, 6.45) is -4.50. The van der Waals surface area contributed by atoms with Crippen LogP contribution in [0.3, 0.4) is 0 Å². The van der Waals surface area contributed by atoms with Gasteiger partial charge in [0.05, 0.1) is 15.4 Å². The predicted molar refractivity (Wildman–Crippen MR) is 80.6 cm³/mol. The first kappa shape index (κ1) is 15.2. The molecule has 0 fully saturated rings. The van der Waals surface area contributed by atoms with Crippen molar-refractivity contribution in [3.8, 4) is 21.0 Å². The molecule has 0 N–H and O–H groups in total. The third-order valence-electron chi connectivity index (χ3n) is 2.94. The number of thiophene rings is 1. The first-order valence-electron chi connectivity index (χ1n) is 6.24. The molecule has 0 amide bonds. The highest BCUT2D eigenvalue weighted by molar-refractivity contribution is 7.17. The summed E-state index contributed by atoms with van der Waals surface area (Å²) in [6, 6.07) is 7.18. The van der Waals surface area contributed by atoms with Crippen molar-refractivity contribution >= 4 is 22.7 Å². The van der Waals surface area contributed by atoms with Crippen LogP contribution in [-0.2, 0) is 6.18 Å². The maximum absolute atomic E-state index is 13.0. The fourth-order valence-corrected chi connectivity index (χ4v) is 3.87. The summed E-state index contributed by atoms with van der Waals surface area (Å²) >= 11 is 1.92. The van der Waals surface area contributed by atoms with Gasteiger partial charge in [-0.25, -0.2) is 9.37 Å². The first-order valence-corrected chi connectivity index (χ1v) is 7.93. The molecule has 7 heteroatoms. The fourth-order valence-electron chi connectivity index (χ4n) is 1.96. The molecule has 2 heterocycles. The minimum atomic E-state index is -4.50. The van der Waals surface area contributed by atoms with E-state index in [1.54, 1.807) is 6.07 Å². The second-order valence-corrected chi connectivity index (χ2v) is 6.60. The van der Waals surface area contributed by atoms with Crippen LogP contribution in [0.2, 0.25) is 0 Å². The van der Waals surface area contributed by atoms with Gasteiger partial charge < -0.3 is 0 Å². The van der Waals surface area contributed by atoms with Gasteiger partial charge in [-0.1, -0.05) is 12.1 Å². The average molecular weight is 343 g/mol. The Balaban J connectivity index is 2.18. The molecule has 22 heavy (non-hydrogen) atoms. The van der Waals surface area contributed by atoms with Crippen LogP contribution in [-0.4, -0.2) is 4.98 Å². The molecule has 1 aromatic carbocycles. The van der Waals surface area contributed by atoms with Crippen LogP contribution in [0.25, 0.3) is 21.0 Å². The van der Waals surface area contributed by atoms with Gasteiger partial charge in [0.2, 0.25) is 0 Å². The SMILES string of the molecule is Cc1csc(-c2nc(C(F)(F)F)sc2-c2ccc(F)cc2)c1. The zero-order valence-electron chi connectivity index (χ0n) is 11.2. The van der Waals surface area contributed by atoms with E-state index in [1.165, 1.54) is 35.6 Å². The highest BCUT2D eigenvalue weighted by Gasteiger charge is 2.36. The fraction of sp³-hybridized carbons (Fsp3) is 0.133. The van der Waals surface area contributed by atoms with Crippen molar-refractivity contribution in [1.29, 1.82) is 0 Å². The summed E-state index contributed by atoms with van der Waals surface area (Å²) in [5, 5.41) is 0.962. The van der Waals surface area contributed by atoms with Crippen molar-refractivity contribution in [2.75, 3.05) is 0 Å². The summed E-state index contributed by atoms with van der Waals surface area (Å²) in [5.74, 6) is -0.433. The van der Waals surface area contributed by atoms with Gasteiger partial charge in [0.15, 0.2) is 5.01 Å². The van der Waals surface area contributed by atoms with Gasteiger partial charge in [0.1, 0.15) is 5.82 Å². The summed E-state index contributed by atoms with van der Waals surface area (Å²) < 4.78 is 52.0. The molecule has 0 saturated carbocycles. The maximum Gasteiger partial charge on any atom is 0.443 e. The molecular weight excluding hydrogens is 334 g/mol. The molecule has 0 aliphatic carbocycles. The third-order valence-corrected chi connectivity index (χ3v) is 5.14. The Kier molecular flexibility index (Phi) is 3.78. The van der Waals surface area contributed by atoms with Crippen LogP contribution >= 0.6 is 22.7 Å². The van der Waals surface area contributed by atoms with Crippen LogP contribution in [0.1, 0.15) is 10.6 Å². The maximum atomic E-state index is 13.0. The Morgan fingerprint density at radius 1 is 1.09 bits per heavy atom. The molecule has 114 valence electrons. The summed E-state index contributed by atoms with van der Waals surface area (Å²) in [7, 11) is 0. The van der Waals surface area contributed by atoms with Gasteiger partial charge in [-0.3, -0.25) is 0 Å². The Morgan fingerprint density at radius 3 is 2.32 bits per heavy atom. The zero-order valence-corrected chi connectivity index (χ0v) is 12.9. The zero-order chi connectivity index (χ0) is 15.9. The van der Waals surface area contributed by atoms with Gasteiger partial charge in [-0.05, 0) is 41.6 Å². The Morgan fingerprint density at radius 2 is 1.77 bits per heavy atom. The van der Waals surface area contributed by atoms with Crippen molar-refractivity contribution in [3.05, 3.63) is 52.1 Å². The van der Waals surface area contributed by atoms with Crippen molar-refractivity contribution < 1.29 is 17.6 Å². The van der Waals surface area contributed by atoms with Gasteiger partial charge in [-0.2, -0.15) is 13.2 Å². The number of benzene rings is 1. The Hall–Kier alpha value is -1.73. The monoisotopic (exact) mass is 343 g/mol. The van der Waals surface area contributed by atoms with Crippen molar-refractivity contribution in [2.24, 2.45) is 0 Å². The molecule has 2 aromatic heterocycles. The van der Waals surface area contributed by atoms with Crippen LogP contribution in [0, 0.1) is 12.7 Å². The molecule has 3 rings (SSSR count). The number of halogens is 4. The largest absolute Gasteiger partial charge is 0.443 e. The molecule has 0 aliphatic rings. The second kappa shape index (κ2) is 5.48. The van der Waals surface area contributed by atoms with Gasteiger partial charge in [-0.15, -0.1) is 22.7 Å². The Labute approximate surface area is 131 Å². The normalized spacial score (nSPS) is 11.9. The van der Waals surface area contributed by atoms with E-state index in [4.69, 9.17) is 0 Å². The summed E-state index contributed by atoms with van der Waals surface area (Å²) in [5.41, 5.74) is 1.78. The first-order chi connectivity index (χ1) is 10.3. The Bertz CT molecular complexity index is 800. The standard InChI is InChI=1S/C15H9F4NS2/c1-8-6-11(21-7-8)12-13(9-2-4-10(16)5-3-9)22-14(20-12)15(17,18)19/h2-7H,1H3. The number of hydrogen-bond donors (Lipinski definition) is 0. The van der Waals surface area contributed by atoms with Gasteiger partial charge in [0.25, 0.3) is 0 Å².